The van der Waals surface area contributed by atoms with Crippen molar-refractivity contribution in [3.05, 3.63) is 24.1 Å². The zero-order valence-corrected chi connectivity index (χ0v) is 8.54. The Balaban J connectivity index is 2.01. The van der Waals surface area contributed by atoms with Gasteiger partial charge < -0.3 is 15.6 Å². The Bertz CT molecular complexity index is 489. The van der Waals surface area contributed by atoms with Crippen LogP contribution in [0.5, 0.6) is 0 Å². The van der Waals surface area contributed by atoms with E-state index in [2.05, 4.69) is 25.1 Å². The first-order valence-electron chi connectivity index (χ1n) is 4.49. The number of nitrogen functional groups attached to an aromatic ring is 1. The van der Waals surface area contributed by atoms with E-state index in [1.807, 2.05) is 0 Å². The van der Waals surface area contributed by atoms with Crippen molar-refractivity contribution in [3.63, 3.8) is 0 Å². The van der Waals surface area contributed by atoms with Crippen molar-refractivity contribution in [2.24, 2.45) is 7.05 Å². The van der Waals surface area contributed by atoms with Gasteiger partial charge in [0.15, 0.2) is 11.5 Å². The Morgan fingerprint density at radius 2 is 2.50 bits per heavy atom. The second kappa shape index (κ2) is 4.01. The number of nitrogens with two attached hydrogens (primary N) is 1. The van der Waals surface area contributed by atoms with Gasteiger partial charge >= 0.3 is 0 Å². The molecular formula is C8H10N6O2. The molecule has 0 aromatic carbocycles. The maximum absolute atomic E-state index is 11.6. The fraction of sp³-hybridized carbons (Fsp3) is 0.250. The van der Waals surface area contributed by atoms with Crippen LogP contribution in [0, 0.1) is 0 Å². The molecule has 0 spiro atoms. The molecule has 0 aliphatic carbocycles. The van der Waals surface area contributed by atoms with Crippen LogP contribution in [0.4, 0.5) is 5.69 Å². The first kappa shape index (κ1) is 10.1. The molecule has 0 aliphatic heterocycles. The van der Waals surface area contributed by atoms with E-state index in [4.69, 9.17) is 5.73 Å². The lowest BCUT2D eigenvalue weighted by Gasteiger charge is -1.99. The molecule has 0 saturated heterocycles. The predicted octanol–water partition coefficient (Wildman–Crippen LogP) is -0.685. The largest absolute Gasteiger partial charge is 0.396 e. The maximum Gasteiger partial charge on any atom is 0.274 e. The number of hydrogen-bond donors (Lipinski definition) is 2. The zero-order valence-electron chi connectivity index (χ0n) is 8.54. The quantitative estimate of drug-likeness (QED) is 0.711. The molecule has 8 nitrogen and oxygen atoms in total. The van der Waals surface area contributed by atoms with Crippen LogP contribution in [-0.2, 0) is 13.6 Å². The zero-order chi connectivity index (χ0) is 11.5. The third kappa shape index (κ3) is 2.00. The summed E-state index contributed by atoms with van der Waals surface area (Å²) in [5, 5.41) is 10.1. The van der Waals surface area contributed by atoms with Gasteiger partial charge in [-0.05, 0) is 0 Å². The van der Waals surface area contributed by atoms with Gasteiger partial charge in [0, 0.05) is 13.2 Å². The van der Waals surface area contributed by atoms with Gasteiger partial charge in [0.05, 0.1) is 12.2 Å². The number of aryl methyl sites for hydroxylation is 1. The minimum Gasteiger partial charge on any atom is -0.396 e. The highest BCUT2D eigenvalue weighted by Crippen LogP contribution is 2.07. The van der Waals surface area contributed by atoms with E-state index < -0.39 is 0 Å². The second-order valence-corrected chi connectivity index (χ2v) is 3.14. The van der Waals surface area contributed by atoms with Gasteiger partial charge in [0.25, 0.3) is 5.91 Å². The summed E-state index contributed by atoms with van der Waals surface area (Å²) in [7, 11) is 1.69. The topological polar surface area (TPSA) is 112 Å². The minimum atomic E-state index is -0.372. The van der Waals surface area contributed by atoms with Crippen LogP contribution in [0.1, 0.15) is 16.3 Å². The average Bonchev–Trinajstić information content (AvgIpc) is 2.84. The number of carbonyl (C=O) groups excluding carboxylic acids is 1. The molecule has 16 heavy (non-hydrogen) atoms. The molecule has 0 fully saturated rings. The molecule has 2 rings (SSSR count). The van der Waals surface area contributed by atoms with Crippen molar-refractivity contribution in [3.8, 4) is 0 Å². The first-order chi connectivity index (χ1) is 7.66. The van der Waals surface area contributed by atoms with Crippen molar-refractivity contribution >= 4 is 11.6 Å². The van der Waals surface area contributed by atoms with Gasteiger partial charge in [-0.3, -0.25) is 9.48 Å². The van der Waals surface area contributed by atoms with Crippen LogP contribution in [0.15, 0.2) is 17.1 Å². The van der Waals surface area contributed by atoms with E-state index in [0.717, 1.165) is 0 Å². The molecule has 0 bridgehead atoms. The van der Waals surface area contributed by atoms with Gasteiger partial charge in [0.1, 0.15) is 0 Å². The van der Waals surface area contributed by atoms with Crippen LogP contribution in [0.25, 0.3) is 0 Å². The number of aromatic nitrogens is 4. The Kier molecular flexibility index (Phi) is 2.54. The van der Waals surface area contributed by atoms with Gasteiger partial charge in [-0.25, -0.2) is 0 Å². The fourth-order valence-electron chi connectivity index (χ4n) is 1.20. The highest BCUT2D eigenvalue weighted by Gasteiger charge is 2.14. The third-order valence-corrected chi connectivity index (χ3v) is 1.89. The van der Waals surface area contributed by atoms with Crippen LogP contribution < -0.4 is 11.1 Å². The lowest BCUT2D eigenvalue weighted by molar-refractivity contribution is 0.0945. The van der Waals surface area contributed by atoms with Crippen molar-refractivity contribution in [2.45, 2.75) is 6.54 Å². The fourth-order valence-corrected chi connectivity index (χ4v) is 1.20. The molecule has 1 amide bonds. The van der Waals surface area contributed by atoms with Crippen molar-refractivity contribution in [1.82, 2.24) is 25.2 Å². The van der Waals surface area contributed by atoms with Crippen molar-refractivity contribution in [1.29, 1.82) is 0 Å². The van der Waals surface area contributed by atoms with E-state index in [9.17, 15) is 4.79 Å². The van der Waals surface area contributed by atoms with Gasteiger partial charge in [-0.15, -0.1) is 0 Å². The van der Waals surface area contributed by atoms with Crippen molar-refractivity contribution < 1.29 is 9.32 Å². The summed E-state index contributed by atoms with van der Waals surface area (Å²) >= 11 is 0. The highest BCUT2D eigenvalue weighted by molar-refractivity contribution is 5.96. The summed E-state index contributed by atoms with van der Waals surface area (Å²) in [6.45, 7) is 0.172. The van der Waals surface area contributed by atoms with E-state index in [1.165, 1.54) is 11.1 Å². The lowest BCUT2D eigenvalue weighted by Crippen LogP contribution is -2.24. The SMILES string of the molecule is Cn1cc(N)c(C(=O)NCc2ncon2)n1. The number of nitrogens with one attached hydrogen (secondary N) is 1. The van der Waals surface area contributed by atoms with E-state index in [0.29, 0.717) is 11.5 Å². The van der Waals surface area contributed by atoms with Gasteiger partial charge in [-0.2, -0.15) is 10.1 Å². The second-order valence-electron chi connectivity index (χ2n) is 3.14. The van der Waals surface area contributed by atoms with Crippen LogP contribution in [0.3, 0.4) is 0 Å². The monoisotopic (exact) mass is 222 g/mol. The summed E-state index contributed by atoms with van der Waals surface area (Å²) in [5.41, 5.74) is 6.11. The maximum atomic E-state index is 11.6. The molecule has 0 radical (unpaired) electrons. The summed E-state index contributed by atoms with van der Waals surface area (Å²) in [5.74, 6) is 0.0192. The molecule has 0 aliphatic rings. The number of carbonyl (C=O) groups is 1. The number of nitrogens with zero attached hydrogens (tertiary/aromatic N) is 4. The number of hydrogen-bond acceptors (Lipinski definition) is 6. The Hall–Kier alpha value is -2.38. The molecule has 3 N–H and O–H groups in total. The molecule has 8 heteroatoms. The van der Waals surface area contributed by atoms with Crippen LogP contribution in [-0.4, -0.2) is 25.8 Å². The summed E-state index contributed by atoms with van der Waals surface area (Å²) in [6, 6.07) is 0. The number of rotatable bonds is 3. The molecule has 0 atom stereocenters. The molecule has 2 aromatic heterocycles. The Labute approximate surface area is 90.4 Å². The standard InChI is InChI=1S/C8H10N6O2/c1-14-3-5(9)7(12-14)8(15)10-2-6-11-4-16-13-6/h3-4H,2,9H2,1H3,(H,10,15). The Morgan fingerprint density at radius 1 is 1.69 bits per heavy atom. The predicted molar refractivity (Wildman–Crippen MR) is 53.1 cm³/mol. The van der Waals surface area contributed by atoms with Gasteiger partial charge in [-0.1, -0.05) is 5.16 Å². The molecule has 2 heterocycles. The number of amides is 1. The molecule has 0 saturated carbocycles. The summed E-state index contributed by atoms with van der Waals surface area (Å²) in [6.07, 6.45) is 2.75. The first-order valence-corrected chi connectivity index (χ1v) is 4.49. The normalized spacial score (nSPS) is 10.3. The van der Waals surface area contributed by atoms with Crippen LogP contribution in [0.2, 0.25) is 0 Å². The molecule has 84 valence electrons. The van der Waals surface area contributed by atoms with Gasteiger partial charge in [0.2, 0.25) is 6.39 Å². The molecular weight excluding hydrogens is 212 g/mol. The molecule has 2 aromatic rings. The smallest absolute Gasteiger partial charge is 0.274 e. The average molecular weight is 222 g/mol. The number of anilines is 1. The highest BCUT2D eigenvalue weighted by atomic mass is 16.5. The minimum absolute atomic E-state index is 0.172. The third-order valence-electron chi connectivity index (χ3n) is 1.89. The van der Waals surface area contributed by atoms with E-state index >= 15 is 0 Å². The lowest BCUT2D eigenvalue weighted by atomic mass is 10.3. The molecule has 0 unspecified atom stereocenters. The Morgan fingerprint density at radius 3 is 3.06 bits per heavy atom. The van der Waals surface area contributed by atoms with E-state index in [-0.39, 0.29) is 18.1 Å². The van der Waals surface area contributed by atoms with Crippen LogP contribution >= 0.6 is 0 Å². The van der Waals surface area contributed by atoms with E-state index in [1.54, 1.807) is 13.2 Å². The summed E-state index contributed by atoms with van der Waals surface area (Å²) in [4.78, 5) is 15.4. The summed E-state index contributed by atoms with van der Waals surface area (Å²) < 4.78 is 5.99. The van der Waals surface area contributed by atoms with Crippen molar-refractivity contribution in [2.75, 3.05) is 5.73 Å².